The molecule has 0 unspecified atom stereocenters. The smallest absolute Gasteiger partial charge is 0.375 e. The van der Waals surface area contributed by atoms with E-state index in [0.717, 1.165) is 18.6 Å². The van der Waals surface area contributed by atoms with Gasteiger partial charge in [0, 0.05) is 19.3 Å². The van der Waals surface area contributed by atoms with E-state index in [1.54, 1.807) is 6.26 Å². The molecular formula is C9H18N2O2S. The maximum atomic E-state index is 10.9. The minimum Gasteiger partial charge on any atom is -0.375 e. The Morgan fingerprint density at radius 2 is 2.14 bits per heavy atom. The van der Waals surface area contributed by atoms with Crippen LogP contribution in [0.2, 0.25) is 0 Å². The van der Waals surface area contributed by atoms with Gasteiger partial charge in [-0.2, -0.15) is 0 Å². The zero-order valence-electron chi connectivity index (χ0n) is 8.62. The van der Waals surface area contributed by atoms with Gasteiger partial charge >= 0.3 is 6.09 Å². The van der Waals surface area contributed by atoms with Crippen molar-refractivity contribution >= 4 is 18.1 Å². The first-order chi connectivity index (χ1) is 6.83. The molecule has 0 spiro atoms. The van der Waals surface area contributed by atoms with E-state index in [4.69, 9.17) is 0 Å². The Labute approximate surface area is 89.6 Å². The van der Waals surface area contributed by atoms with E-state index in [2.05, 4.69) is 14.4 Å². The first kappa shape index (κ1) is 11.7. The lowest BCUT2D eigenvalue weighted by atomic mass is 10.1. The highest BCUT2D eigenvalue weighted by Gasteiger charge is 2.09. The second-order valence-electron chi connectivity index (χ2n) is 3.37. The number of likely N-dealkylation sites (tertiary alicyclic amines) is 1. The van der Waals surface area contributed by atoms with Crippen molar-refractivity contribution in [3.8, 4) is 0 Å². The molecule has 1 aliphatic heterocycles. The van der Waals surface area contributed by atoms with E-state index in [0.29, 0.717) is 6.54 Å². The van der Waals surface area contributed by atoms with Gasteiger partial charge in [0.15, 0.2) is 0 Å². The topological polar surface area (TPSA) is 41.6 Å². The largest absolute Gasteiger partial charge is 0.419 e. The summed E-state index contributed by atoms with van der Waals surface area (Å²) in [5.74, 6) is 0. The van der Waals surface area contributed by atoms with E-state index in [9.17, 15) is 4.79 Å². The predicted molar refractivity (Wildman–Crippen MR) is 58.3 cm³/mol. The first-order valence-electron chi connectivity index (χ1n) is 5.04. The van der Waals surface area contributed by atoms with Gasteiger partial charge in [0.2, 0.25) is 0 Å². The Morgan fingerprint density at radius 3 is 2.79 bits per heavy atom. The van der Waals surface area contributed by atoms with Crippen LogP contribution < -0.4 is 5.32 Å². The Balaban J connectivity index is 1.99. The second kappa shape index (κ2) is 6.95. The van der Waals surface area contributed by atoms with Gasteiger partial charge in [-0.1, -0.05) is 6.42 Å². The average Bonchev–Trinajstić information content (AvgIpc) is 2.20. The summed E-state index contributed by atoms with van der Waals surface area (Å²) in [5.41, 5.74) is 0. The van der Waals surface area contributed by atoms with Crippen LogP contribution in [0.4, 0.5) is 4.79 Å². The van der Waals surface area contributed by atoms with Gasteiger partial charge < -0.3 is 14.4 Å². The predicted octanol–water partition coefficient (Wildman–Crippen LogP) is 1.48. The van der Waals surface area contributed by atoms with Gasteiger partial charge in [0.1, 0.15) is 0 Å². The summed E-state index contributed by atoms with van der Waals surface area (Å²) in [6.07, 6.45) is 5.31. The van der Waals surface area contributed by atoms with E-state index in [1.165, 1.54) is 32.4 Å². The zero-order valence-corrected chi connectivity index (χ0v) is 9.44. The molecule has 0 aliphatic carbocycles. The lowest BCUT2D eigenvalue weighted by Crippen LogP contribution is -2.37. The molecule has 5 heteroatoms. The highest BCUT2D eigenvalue weighted by Crippen LogP contribution is 2.07. The van der Waals surface area contributed by atoms with Crippen LogP contribution in [0.15, 0.2) is 0 Å². The summed E-state index contributed by atoms with van der Waals surface area (Å²) in [6, 6.07) is 0. The highest BCUT2D eigenvalue weighted by molar-refractivity contribution is 7.94. The van der Waals surface area contributed by atoms with Crippen LogP contribution in [-0.2, 0) is 4.18 Å². The normalized spacial score (nSPS) is 17.8. The van der Waals surface area contributed by atoms with E-state index in [1.807, 2.05) is 0 Å². The summed E-state index contributed by atoms with van der Waals surface area (Å²) in [6.45, 7) is 3.95. The molecule has 4 nitrogen and oxygen atoms in total. The van der Waals surface area contributed by atoms with E-state index >= 15 is 0 Å². The summed E-state index contributed by atoms with van der Waals surface area (Å²) in [7, 11) is 0. The quantitative estimate of drug-likeness (QED) is 0.726. The van der Waals surface area contributed by atoms with Crippen LogP contribution in [0.5, 0.6) is 0 Å². The molecule has 14 heavy (non-hydrogen) atoms. The number of hydrogen-bond donors (Lipinski definition) is 1. The Morgan fingerprint density at radius 1 is 1.43 bits per heavy atom. The van der Waals surface area contributed by atoms with Gasteiger partial charge in [-0.15, -0.1) is 0 Å². The average molecular weight is 218 g/mol. The third-order valence-corrected chi connectivity index (χ3v) is 2.62. The van der Waals surface area contributed by atoms with Crippen molar-refractivity contribution < 1.29 is 8.98 Å². The molecule has 0 atom stereocenters. The number of nitrogens with one attached hydrogen (secondary N) is 1. The minimum atomic E-state index is -0.338. The maximum Gasteiger partial charge on any atom is 0.419 e. The Bertz CT molecular complexity index is 172. The van der Waals surface area contributed by atoms with Crippen molar-refractivity contribution in [3.63, 3.8) is 0 Å². The van der Waals surface area contributed by atoms with Crippen molar-refractivity contribution in [2.24, 2.45) is 0 Å². The monoisotopic (exact) mass is 218 g/mol. The fourth-order valence-electron chi connectivity index (χ4n) is 1.60. The number of carbonyl (C=O) groups is 1. The number of amides is 1. The second-order valence-corrected chi connectivity index (χ2v) is 3.87. The molecule has 1 rings (SSSR count). The van der Waals surface area contributed by atoms with Crippen molar-refractivity contribution in [1.29, 1.82) is 0 Å². The summed E-state index contributed by atoms with van der Waals surface area (Å²) in [5, 5.41) is 2.71. The van der Waals surface area contributed by atoms with Crippen LogP contribution in [-0.4, -0.2) is 43.4 Å². The van der Waals surface area contributed by atoms with Crippen LogP contribution in [0, 0.1) is 0 Å². The van der Waals surface area contributed by atoms with Crippen molar-refractivity contribution in [1.82, 2.24) is 10.2 Å². The molecule has 0 radical (unpaired) electrons. The van der Waals surface area contributed by atoms with Crippen LogP contribution in [0.1, 0.15) is 19.3 Å². The van der Waals surface area contributed by atoms with Gasteiger partial charge in [0.25, 0.3) is 0 Å². The van der Waals surface area contributed by atoms with Gasteiger partial charge in [0.05, 0.1) is 12.0 Å². The third-order valence-electron chi connectivity index (χ3n) is 2.31. The minimum absolute atomic E-state index is 0.338. The zero-order chi connectivity index (χ0) is 10.2. The molecule has 1 amide bonds. The SMILES string of the molecule is CSOC(=O)NCCN1CCCCC1. The Kier molecular flexibility index (Phi) is 5.78. The van der Waals surface area contributed by atoms with Crippen LogP contribution >= 0.6 is 12.0 Å². The number of carbonyl (C=O) groups excluding carboxylic acids is 1. The number of piperidine rings is 1. The maximum absolute atomic E-state index is 10.9. The molecule has 0 bridgehead atoms. The molecule has 0 aromatic heterocycles. The van der Waals surface area contributed by atoms with Crippen molar-refractivity contribution in [2.45, 2.75) is 19.3 Å². The third kappa shape index (κ3) is 4.72. The number of hydrogen-bond acceptors (Lipinski definition) is 4. The summed E-state index contributed by atoms with van der Waals surface area (Å²) < 4.78 is 4.68. The fraction of sp³-hybridized carbons (Fsp3) is 0.889. The van der Waals surface area contributed by atoms with Crippen molar-refractivity contribution in [2.75, 3.05) is 32.4 Å². The van der Waals surface area contributed by atoms with Crippen molar-refractivity contribution in [3.05, 3.63) is 0 Å². The summed E-state index contributed by atoms with van der Waals surface area (Å²) >= 11 is 1.07. The summed E-state index contributed by atoms with van der Waals surface area (Å²) in [4.78, 5) is 13.3. The number of rotatable bonds is 4. The molecule has 1 fully saturated rings. The standard InChI is InChI=1S/C9H18N2O2S/c1-14-13-9(12)10-5-8-11-6-3-2-4-7-11/h2-8H2,1H3,(H,10,12). The lowest BCUT2D eigenvalue weighted by molar-refractivity contribution is 0.199. The molecule has 1 heterocycles. The van der Waals surface area contributed by atoms with Crippen LogP contribution in [0.25, 0.3) is 0 Å². The molecular weight excluding hydrogens is 200 g/mol. The molecule has 0 saturated carbocycles. The van der Waals surface area contributed by atoms with E-state index in [-0.39, 0.29) is 6.09 Å². The molecule has 0 aromatic carbocycles. The van der Waals surface area contributed by atoms with Gasteiger partial charge in [-0.05, 0) is 25.9 Å². The van der Waals surface area contributed by atoms with Crippen LogP contribution in [0.3, 0.4) is 0 Å². The molecule has 1 N–H and O–H groups in total. The van der Waals surface area contributed by atoms with Gasteiger partial charge in [-0.25, -0.2) is 4.79 Å². The van der Waals surface area contributed by atoms with E-state index < -0.39 is 0 Å². The molecule has 82 valence electrons. The molecule has 0 aromatic rings. The first-order valence-corrected chi connectivity index (χ1v) is 6.19. The lowest BCUT2D eigenvalue weighted by Gasteiger charge is -2.26. The number of nitrogens with zero attached hydrogens (tertiary/aromatic N) is 1. The molecule has 1 saturated heterocycles. The highest BCUT2D eigenvalue weighted by atomic mass is 32.2. The van der Waals surface area contributed by atoms with Gasteiger partial charge in [-0.3, -0.25) is 0 Å². The molecule has 1 aliphatic rings. The Hall–Kier alpha value is -0.420. The fourth-order valence-corrected chi connectivity index (χ4v) is 1.81.